The highest BCUT2D eigenvalue weighted by molar-refractivity contribution is 6.02. The van der Waals surface area contributed by atoms with E-state index in [1.54, 1.807) is 0 Å². The molecule has 3 aliphatic heterocycles. The van der Waals surface area contributed by atoms with Crippen LogP contribution in [0, 0.1) is 0 Å². The van der Waals surface area contributed by atoms with Gasteiger partial charge in [0.05, 0.1) is 5.92 Å². The van der Waals surface area contributed by atoms with Gasteiger partial charge in [0.15, 0.2) is 0 Å². The summed E-state index contributed by atoms with van der Waals surface area (Å²) in [5, 5.41) is 6.39. The van der Waals surface area contributed by atoms with Crippen LogP contribution in [0.25, 0.3) is 0 Å². The minimum Gasteiger partial charge on any atom is -0.325 e. The molecule has 3 heterocycles. The Morgan fingerprint density at radius 1 is 1.35 bits per heavy atom. The number of anilines is 1. The number of benzene rings is 1. The van der Waals surface area contributed by atoms with Crippen molar-refractivity contribution in [1.82, 2.24) is 10.2 Å². The van der Waals surface area contributed by atoms with E-state index in [1.807, 2.05) is 24.0 Å². The summed E-state index contributed by atoms with van der Waals surface area (Å²) >= 11 is 0. The molecule has 104 valence electrons. The molecule has 5 nitrogen and oxygen atoms in total. The van der Waals surface area contributed by atoms with Crippen molar-refractivity contribution in [3.05, 3.63) is 29.3 Å². The summed E-state index contributed by atoms with van der Waals surface area (Å²) < 4.78 is 0. The first kappa shape index (κ1) is 11.9. The van der Waals surface area contributed by atoms with Crippen LogP contribution in [0.4, 0.5) is 5.69 Å². The number of carbonyl (C=O) groups is 2. The maximum Gasteiger partial charge on any atom is 0.231 e. The Kier molecular flexibility index (Phi) is 2.27. The second-order valence-corrected chi connectivity index (χ2v) is 5.85. The molecule has 1 aromatic carbocycles. The number of nitrogens with zero attached hydrogens (tertiary/aromatic N) is 1. The topological polar surface area (TPSA) is 61.4 Å². The molecule has 2 saturated heterocycles. The first-order chi connectivity index (χ1) is 9.62. The smallest absolute Gasteiger partial charge is 0.231 e. The van der Waals surface area contributed by atoms with Gasteiger partial charge in [0, 0.05) is 25.2 Å². The zero-order valence-corrected chi connectivity index (χ0v) is 11.4. The summed E-state index contributed by atoms with van der Waals surface area (Å²) in [6.45, 7) is 3.51. The minimum atomic E-state index is -0.350. The highest BCUT2D eigenvalue weighted by Crippen LogP contribution is 2.42. The first-order valence-corrected chi connectivity index (χ1v) is 7.13. The van der Waals surface area contributed by atoms with Gasteiger partial charge in [0.25, 0.3) is 0 Å². The van der Waals surface area contributed by atoms with Crippen LogP contribution in [0.1, 0.15) is 36.8 Å². The third kappa shape index (κ3) is 1.36. The lowest BCUT2D eigenvalue weighted by Gasteiger charge is -2.33. The van der Waals surface area contributed by atoms with Crippen molar-refractivity contribution in [3.63, 3.8) is 0 Å². The van der Waals surface area contributed by atoms with Crippen molar-refractivity contribution in [1.29, 1.82) is 0 Å². The molecule has 0 radical (unpaired) electrons. The Balaban J connectivity index is 1.81. The van der Waals surface area contributed by atoms with Gasteiger partial charge in [-0.3, -0.25) is 14.9 Å². The number of nitrogens with one attached hydrogen (secondary N) is 2. The summed E-state index contributed by atoms with van der Waals surface area (Å²) in [7, 11) is 0. The van der Waals surface area contributed by atoms with Crippen LogP contribution in [0.2, 0.25) is 0 Å². The average Bonchev–Trinajstić information content (AvgIpc) is 3.07. The van der Waals surface area contributed by atoms with Gasteiger partial charge >= 0.3 is 0 Å². The van der Waals surface area contributed by atoms with Crippen LogP contribution in [-0.2, 0) is 15.3 Å². The normalized spacial score (nSPS) is 31.4. The van der Waals surface area contributed by atoms with E-state index < -0.39 is 0 Å². The van der Waals surface area contributed by atoms with Crippen molar-refractivity contribution < 1.29 is 9.59 Å². The predicted octanol–water partition coefficient (Wildman–Crippen LogP) is 1.12. The molecule has 2 N–H and O–H groups in total. The van der Waals surface area contributed by atoms with Crippen LogP contribution in [0.3, 0.4) is 0 Å². The van der Waals surface area contributed by atoms with E-state index in [4.69, 9.17) is 0 Å². The van der Waals surface area contributed by atoms with Gasteiger partial charge < -0.3 is 10.2 Å². The van der Waals surface area contributed by atoms with Crippen molar-refractivity contribution in [2.45, 2.75) is 31.3 Å². The van der Waals surface area contributed by atoms with Crippen LogP contribution in [0.15, 0.2) is 18.2 Å². The van der Waals surface area contributed by atoms with Crippen molar-refractivity contribution in [3.8, 4) is 0 Å². The molecular weight excluding hydrogens is 254 g/mol. The van der Waals surface area contributed by atoms with E-state index in [1.165, 1.54) is 0 Å². The predicted molar refractivity (Wildman–Crippen MR) is 74.1 cm³/mol. The van der Waals surface area contributed by atoms with Crippen molar-refractivity contribution >= 4 is 17.5 Å². The first-order valence-electron chi connectivity index (χ1n) is 7.13. The van der Waals surface area contributed by atoms with E-state index in [-0.39, 0.29) is 23.4 Å². The summed E-state index contributed by atoms with van der Waals surface area (Å²) in [5.74, 6) is 0.152. The van der Waals surface area contributed by atoms with Gasteiger partial charge in [0.2, 0.25) is 11.8 Å². The number of fused-ring (bicyclic) bond motifs is 2. The Morgan fingerprint density at radius 3 is 3.05 bits per heavy atom. The molecule has 0 aromatic heterocycles. The Morgan fingerprint density at radius 2 is 2.20 bits per heavy atom. The summed E-state index contributed by atoms with van der Waals surface area (Å²) in [5.41, 5.74) is 2.69. The monoisotopic (exact) mass is 271 g/mol. The zero-order valence-electron chi connectivity index (χ0n) is 11.4. The lowest BCUT2D eigenvalue weighted by Crippen LogP contribution is -2.45. The molecule has 2 fully saturated rings. The fourth-order valence-electron chi connectivity index (χ4n) is 3.72. The molecule has 4 rings (SSSR count). The molecule has 0 bridgehead atoms. The largest absolute Gasteiger partial charge is 0.325 e. The Hall–Kier alpha value is -1.88. The third-order valence-corrected chi connectivity index (χ3v) is 4.86. The van der Waals surface area contributed by atoms with E-state index >= 15 is 0 Å². The second kappa shape index (κ2) is 3.82. The molecular formula is C15H17N3O2. The lowest BCUT2D eigenvalue weighted by molar-refractivity contribution is -0.130. The van der Waals surface area contributed by atoms with Gasteiger partial charge in [-0.15, -0.1) is 0 Å². The van der Waals surface area contributed by atoms with Crippen LogP contribution < -0.4 is 10.6 Å². The number of rotatable bonds is 1. The SMILES string of the molecule is CC1C(=O)Nc2ccc(C34CCC(=O)N3CCN4)cc21. The third-order valence-electron chi connectivity index (χ3n) is 4.86. The number of hydrogen-bond donors (Lipinski definition) is 2. The van der Waals surface area contributed by atoms with E-state index in [0.717, 1.165) is 36.3 Å². The molecule has 5 heteroatoms. The standard InChI is InChI=1S/C15H17N3O2/c1-9-11-8-10(2-3-12(11)17-14(9)20)15-5-4-13(19)18(15)7-6-16-15/h2-3,8-9,16H,4-7H2,1H3,(H,17,20). The highest BCUT2D eigenvalue weighted by Gasteiger charge is 2.49. The minimum absolute atomic E-state index is 0.0494. The van der Waals surface area contributed by atoms with Crippen LogP contribution in [0.5, 0.6) is 0 Å². The molecule has 2 atom stereocenters. The maximum atomic E-state index is 12.0. The molecule has 0 aliphatic carbocycles. The van der Waals surface area contributed by atoms with Crippen molar-refractivity contribution in [2.75, 3.05) is 18.4 Å². The molecule has 0 saturated carbocycles. The number of amides is 2. The highest BCUT2D eigenvalue weighted by atomic mass is 16.2. The maximum absolute atomic E-state index is 12.0. The Labute approximate surface area is 117 Å². The van der Waals surface area contributed by atoms with Crippen molar-refractivity contribution in [2.24, 2.45) is 0 Å². The molecule has 0 spiro atoms. The zero-order chi connectivity index (χ0) is 13.9. The molecule has 1 aromatic rings. The molecule has 20 heavy (non-hydrogen) atoms. The van der Waals surface area contributed by atoms with E-state index in [2.05, 4.69) is 16.7 Å². The fraction of sp³-hybridized carbons (Fsp3) is 0.467. The van der Waals surface area contributed by atoms with Gasteiger partial charge in [-0.05, 0) is 36.6 Å². The summed E-state index contributed by atoms with van der Waals surface area (Å²) in [4.78, 5) is 25.7. The lowest BCUT2D eigenvalue weighted by atomic mass is 9.92. The average molecular weight is 271 g/mol. The second-order valence-electron chi connectivity index (χ2n) is 5.85. The molecule has 3 aliphatic rings. The van der Waals surface area contributed by atoms with Crippen LogP contribution >= 0.6 is 0 Å². The summed E-state index contributed by atoms with van der Waals surface area (Å²) in [6, 6.07) is 6.07. The molecule has 2 amide bonds. The molecule has 2 unspecified atom stereocenters. The van der Waals surface area contributed by atoms with Gasteiger partial charge in [-0.2, -0.15) is 0 Å². The number of carbonyl (C=O) groups excluding carboxylic acids is 2. The van der Waals surface area contributed by atoms with Gasteiger partial charge in [0.1, 0.15) is 5.66 Å². The summed E-state index contributed by atoms with van der Waals surface area (Å²) in [6.07, 6.45) is 1.40. The van der Waals surface area contributed by atoms with E-state index in [9.17, 15) is 9.59 Å². The van der Waals surface area contributed by atoms with Crippen LogP contribution in [-0.4, -0.2) is 29.8 Å². The van der Waals surface area contributed by atoms with E-state index in [0.29, 0.717) is 6.42 Å². The number of hydrogen-bond acceptors (Lipinski definition) is 3. The van der Waals surface area contributed by atoms with Gasteiger partial charge in [-0.25, -0.2) is 0 Å². The fourth-order valence-corrected chi connectivity index (χ4v) is 3.72. The quantitative estimate of drug-likeness (QED) is 0.804. The Bertz CT molecular complexity index is 628. The van der Waals surface area contributed by atoms with Gasteiger partial charge in [-0.1, -0.05) is 6.07 Å².